The number of aromatic nitrogens is 2. The van der Waals surface area contributed by atoms with Gasteiger partial charge in [-0.3, -0.25) is 4.90 Å². The summed E-state index contributed by atoms with van der Waals surface area (Å²) in [5.74, 6) is 1.73. The molecule has 0 radical (unpaired) electrons. The van der Waals surface area contributed by atoms with Crippen LogP contribution in [0.3, 0.4) is 0 Å². The van der Waals surface area contributed by atoms with Crippen molar-refractivity contribution >= 4 is 11.3 Å². The molecule has 4 heteroatoms. The minimum atomic E-state index is 0.612. The molecule has 0 bridgehead atoms. The van der Waals surface area contributed by atoms with E-state index in [1.165, 1.54) is 53.1 Å². The fourth-order valence-electron chi connectivity index (χ4n) is 4.00. The summed E-state index contributed by atoms with van der Waals surface area (Å²) in [4.78, 5) is 15.2. The summed E-state index contributed by atoms with van der Waals surface area (Å²) >= 11 is 1.96. The van der Waals surface area contributed by atoms with Crippen molar-refractivity contribution in [1.82, 2.24) is 14.9 Å². The summed E-state index contributed by atoms with van der Waals surface area (Å²) in [6.07, 6.45) is 11.0. The summed E-state index contributed by atoms with van der Waals surface area (Å²) < 4.78 is 0. The first-order chi connectivity index (χ1) is 11.8. The smallest absolute Gasteiger partial charge is 0.131 e. The van der Waals surface area contributed by atoms with Crippen LogP contribution in [0.25, 0.3) is 0 Å². The third-order valence-electron chi connectivity index (χ3n) is 5.45. The Bertz CT molecular complexity index is 688. The Morgan fingerprint density at radius 3 is 2.79 bits per heavy atom. The highest BCUT2D eigenvalue weighted by Crippen LogP contribution is 2.31. The molecular formula is C20H27N3S. The highest BCUT2D eigenvalue weighted by molar-refractivity contribution is 7.11. The topological polar surface area (TPSA) is 29.0 Å². The van der Waals surface area contributed by atoms with E-state index in [4.69, 9.17) is 9.97 Å². The van der Waals surface area contributed by atoms with Crippen molar-refractivity contribution in [2.75, 3.05) is 6.54 Å². The van der Waals surface area contributed by atoms with Gasteiger partial charge < -0.3 is 0 Å². The first-order valence-corrected chi connectivity index (χ1v) is 10.3. The van der Waals surface area contributed by atoms with E-state index in [2.05, 4.69) is 30.2 Å². The maximum Gasteiger partial charge on any atom is 0.131 e. The zero-order valence-corrected chi connectivity index (χ0v) is 15.4. The van der Waals surface area contributed by atoms with Crippen LogP contribution >= 0.6 is 11.3 Å². The highest BCUT2D eigenvalue weighted by Gasteiger charge is 2.22. The van der Waals surface area contributed by atoms with Gasteiger partial charge in [-0.25, -0.2) is 9.97 Å². The molecule has 0 atom stereocenters. The Hall–Kier alpha value is -1.26. The molecule has 128 valence electrons. The van der Waals surface area contributed by atoms with Crippen LogP contribution in [0, 0.1) is 0 Å². The average Bonchev–Trinajstić information content (AvgIpc) is 3.09. The van der Waals surface area contributed by atoms with Gasteiger partial charge in [-0.2, -0.15) is 0 Å². The van der Waals surface area contributed by atoms with Crippen molar-refractivity contribution < 1.29 is 0 Å². The summed E-state index contributed by atoms with van der Waals surface area (Å²) in [6, 6.07) is 4.57. The lowest BCUT2D eigenvalue weighted by Gasteiger charge is -2.28. The quantitative estimate of drug-likeness (QED) is 0.806. The molecule has 0 amide bonds. The van der Waals surface area contributed by atoms with Crippen LogP contribution in [0.2, 0.25) is 0 Å². The largest absolute Gasteiger partial charge is 0.293 e. The van der Waals surface area contributed by atoms with Crippen LogP contribution in [0.15, 0.2) is 18.3 Å². The Kier molecular flexibility index (Phi) is 4.95. The molecule has 3 heterocycles. The van der Waals surface area contributed by atoms with Gasteiger partial charge in [-0.15, -0.1) is 11.3 Å². The van der Waals surface area contributed by atoms with E-state index in [-0.39, 0.29) is 0 Å². The standard InChI is InChI=1S/C20H27N3S/c1-2-17-8-9-18(24-17)14-23-11-10-19-16(13-23)12-21-20(22-19)15-6-4-3-5-7-15/h8-9,12,15H,2-7,10-11,13-14H2,1H3. The van der Waals surface area contributed by atoms with E-state index in [0.717, 1.165) is 38.3 Å². The highest BCUT2D eigenvalue weighted by atomic mass is 32.1. The van der Waals surface area contributed by atoms with Crippen LogP contribution in [-0.4, -0.2) is 21.4 Å². The molecule has 0 N–H and O–H groups in total. The molecule has 1 aliphatic carbocycles. The molecule has 0 spiro atoms. The molecule has 2 aliphatic rings. The SMILES string of the molecule is CCc1ccc(CN2CCc3nc(C4CCCCC4)ncc3C2)s1. The molecule has 3 nitrogen and oxygen atoms in total. The van der Waals surface area contributed by atoms with Gasteiger partial charge in [-0.1, -0.05) is 26.2 Å². The van der Waals surface area contributed by atoms with Crippen molar-refractivity contribution in [1.29, 1.82) is 0 Å². The Balaban J connectivity index is 1.43. The molecule has 2 aromatic rings. The third kappa shape index (κ3) is 3.55. The van der Waals surface area contributed by atoms with Gasteiger partial charge in [0.2, 0.25) is 0 Å². The summed E-state index contributed by atoms with van der Waals surface area (Å²) in [5.41, 5.74) is 2.65. The number of hydrogen-bond acceptors (Lipinski definition) is 4. The Labute approximate surface area is 149 Å². The van der Waals surface area contributed by atoms with E-state index >= 15 is 0 Å². The van der Waals surface area contributed by atoms with Crippen LogP contribution < -0.4 is 0 Å². The van der Waals surface area contributed by atoms with Crippen molar-refractivity contribution in [2.24, 2.45) is 0 Å². The summed E-state index contributed by atoms with van der Waals surface area (Å²) in [7, 11) is 0. The number of fused-ring (bicyclic) bond motifs is 1. The van der Waals surface area contributed by atoms with Crippen LogP contribution in [-0.2, 0) is 25.9 Å². The number of rotatable bonds is 4. The van der Waals surface area contributed by atoms with Gasteiger partial charge in [0.25, 0.3) is 0 Å². The average molecular weight is 342 g/mol. The number of hydrogen-bond donors (Lipinski definition) is 0. The lowest BCUT2D eigenvalue weighted by molar-refractivity contribution is 0.244. The van der Waals surface area contributed by atoms with Gasteiger partial charge in [0.15, 0.2) is 0 Å². The summed E-state index contributed by atoms with van der Waals surface area (Å²) in [6.45, 7) is 5.41. The Morgan fingerprint density at radius 1 is 1.17 bits per heavy atom. The molecule has 0 aromatic carbocycles. The second-order valence-electron chi connectivity index (χ2n) is 7.22. The van der Waals surface area contributed by atoms with Crippen molar-refractivity contribution in [2.45, 2.75) is 70.9 Å². The number of nitrogens with zero attached hydrogens (tertiary/aromatic N) is 3. The summed E-state index contributed by atoms with van der Waals surface area (Å²) in [5, 5.41) is 0. The zero-order valence-electron chi connectivity index (χ0n) is 14.6. The Morgan fingerprint density at radius 2 is 2.00 bits per heavy atom. The van der Waals surface area contributed by atoms with Crippen molar-refractivity contribution in [3.8, 4) is 0 Å². The predicted molar refractivity (Wildman–Crippen MR) is 99.4 cm³/mol. The minimum Gasteiger partial charge on any atom is -0.293 e. The fraction of sp³-hybridized carbons (Fsp3) is 0.600. The first kappa shape index (κ1) is 16.2. The minimum absolute atomic E-state index is 0.612. The maximum absolute atomic E-state index is 4.96. The molecule has 4 rings (SSSR count). The lowest BCUT2D eigenvalue weighted by atomic mass is 9.88. The van der Waals surface area contributed by atoms with Crippen molar-refractivity contribution in [3.63, 3.8) is 0 Å². The fourth-order valence-corrected chi connectivity index (χ4v) is 5.00. The number of thiophene rings is 1. The molecule has 0 saturated heterocycles. The molecule has 2 aromatic heterocycles. The lowest BCUT2D eigenvalue weighted by Crippen LogP contribution is -2.31. The zero-order chi connectivity index (χ0) is 16.4. The molecule has 1 saturated carbocycles. The van der Waals surface area contributed by atoms with E-state index in [1.54, 1.807) is 0 Å². The third-order valence-corrected chi connectivity index (χ3v) is 6.66. The number of aryl methyl sites for hydroxylation is 1. The van der Waals surface area contributed by atoms with Crippen LogP contribution in [0.1, 0.15) is 71.8 Å². The van der Waals surface area contributed by atoms with Crippen LogP contribution in [0.4, 0.5) is 0 Å². The second kappa shape index (κ2) is 7.32. The van der Waals surface area contributed by atoms with Crippen molar-refractivity contribution in [3.05, 3.63) is 45.2 Å². The molecule has 1 aliphatic heterocycles. The molecule has 0 unspecified atom stereocenters. The van der Waals surface area contributed by atoms with Gasteiger partial charge in [-0.05, 0) is 31.4 Å². The van der Waals surface area contributed by atoms with E-state index in [1.807, 2.05) is 11.3 Å². The van der Waals surface area contributed by atoms with Gasteiger partial charge in [0.1, 0.15) is 5.82 Å². The van der Waals surface area contributed by atoms with Crippen LogP contribution in [0.5, 0.6) is 0 Å². The molecule has 24 heavy (non-hydrogen) atoms. The van der Waals surface area contributed by atoms with E-state index < -0.39 is 0 Å². The first-order valence-electron chi connectivity index (χ1n) is 9.46. The van der Waals surface area contributed by atoms with Gasteiger partial charge in [0.05, 0.1) is 0 Å². The molecule has 1 fully saturated rings. The monoisotopic (exact) mass is 341 g/mol. The second-order valence-corrected chi connectivity index (χ2v) is 8.47. The van der Waals surface area contributed by atoms with E-state index in [9.17, 15) is 0 Å². The van der Waals surface area contributed by atoms with Gasteiger partial charge in [0, 0.05) is 59.2 Å². The van der Waals surface area contributed by atoms with E-state index in [0.29, 0.717) is 5.92 Å². The molecular weight excluding hydrogens is 314 g/mol. The predicted octanol–water partition coefficient (Wildman–Crippen LogP) is 4.71. The maximum atomic E-state index is 4.96. The normalized spacial score (nSPS) is 19.4. The van der Waals surface area contributed by atoms with Gasteiger partial charge >= 0.3 is 0 Å².